The van der Waals surface area contributed by atoms with Gasteiger partial charge in [0.25, 0.3) is 0 Å². The van der Waals surface area contributed by atoms with Gasteiger partial charge in [-0.3, -0.25) is 0 Å². The van der Waals surface area contributed by atoms with Gasteiger partial charge in [0.2, 0.25) is 15.9 Å². The van der Waals surface area contributed by atoms with E-state index in [0.29, 0.717) is 30.4 Å². The lowest BCUT2D eigenvalue weighted by Crippen LogP contribution is -2.36. The van der Waals surface area contributed by atoms with E-state index in [9.17, 15) is 8.42 Å². The first-order chi connectivity index (χ1) is 11.9. The quantitative estimate of drug-likeness (QED) is 0.720. The molecule has 0 N–H and O–H groups in total. The Balaban J connectivity index is 2.35. The van der Waals surface area contributed by atoms with E-state index < -0.39 is 10.0 Å². The Morgan fingerprint density at radius 1 is 1.08 bits per heavy atom. The molecular formula is C18H25N3O3S. The number of aromatic nitrogens is 1. The second-order valence-corrected chi connectivity index (χ2v) is 7.85. The summed E-state index contributed by atoms with van der Waals surface area (Å²) >= 11 is 0. The van der Waals surface area contributed by atoms with Crippen molar-refractivity contribution in [1.82, 2.24) is 14.2 Å². The first-order valence-electron chi connectivity index (χ1n) is 8.14. The smallest absolute Gasteiger partial charge is 0.243 e. The Hall–Kier alpha value is -1.96. The maximum atomic E-state index is 13.0. The highest BCUT2D eigenvalue weighted by atomic mass is 32.2. The van der Waals surface area contributed by atoms with Crippen molar-refractivity contribution >= 4 is 10.0 Å². The molecular weight excluding hydrogens is 338 g/mol. The zero-order valence-corrected chi connectivity index (χ0v) is 16.0. The van der Waals surface area contributed by atoms with Crippen molar-refractivity contribution in [2.24, 2.45) is 0 Å². The molecule has 0 atom stereocenters. The lowest BCUT2D eigenvalue weighted by atomic mass is 10.1. The number of methoxy groups -OCH3 is 1. The zero-order chi connectivity index (χ0) is 18.4. The van der Waals surface area contributed by atoms with Gasteiger partial charge in [0, 0.05) is 31.9 Å². The molecule has 2 aromatic rings. The molecule has 1 heterocycles. The van der Waals surface area contributed by atoms with Gasteiger partial charge in [0.15, 0.2) is 0 Å². The molecule has 0 unspecified atom stereocenters. The van der Waals surface area contributed by atoms with Crippen LogP contribution in [-0.2, 0) is 10.0 Å². The van der Waals surface area contributed by atoms with Gasteiger partial charge in [-0.1, -0.05) is 19.1 Å². The fourth-order valence-corrected chi connectivity index (χ4v) is 3.93. The van der Waals surface area contributed by atoms with E-state index >= 15 is 0 Å². The fourth-order valence-electron chi connectivity index (χ4n) is 2.45. The zero-order valence-electron chi connectivity index (χ0n) is 15.1. The minimum atomic E-state index is -3.53. The predicted molar refractivity (Wildman–Crippen MR) is 99.2 cm³/mol. The van der Waals surface area contributed by atoms with Crippen molar-refractivity contribution in [3.8, 4) is 17.0 Å². The number of hydrogen-bond donors (Lipinski definition) is 0. The summed E-state index contributed by atoms with van der Waals surface area (Å²) in [6.45, 7) is 3.42. The van der Waals surface area contributed by atoms with Gasteiger partial charge in [-0.05, 0) is 43.4 Å². The van der Waals surface area contributed by atoms with Crippen LogP contribution in [0.2, 0.25) is 0 Å². The number of rotatable bonds is 8. The SMILES string of the molecule is CCN(CCN(C)C)S(=O)(=O)c1cccc(-c2ccnc(OC)c2)c1. The van der Waals surface area contributed by atoms with Crippen LogP contribution in [-0.4, -0.2) is 63.4 Å². The van der Waals surface area contributed by atoms with E-state index in [0.717, 1.165) is 11.1 Å². The summed E-state index contributed by atoms with van der Waals surface area (Å²) < 4.78 is 32.5. The molecule has 0 aliphatic carbocycles. The standard InChI is InChI=1S/C18H25N3O3S/c1-5-21(12-11-20(2)3)25(22,23)17-8-6-7-15(13-17)16-9-10-19-18(14-16)24-4/h6-10,13-14H,5,11-12H2,1-4H3. The van der Waals surface area contributed by atoms with Crippen LogP contribution in [0.25, 0.3) is 11.1 Å². The van der Waals surface area contributed by atoms with Crippen molar-refractivity contribution in [3.63, 3.8) is 0 Å². The molecule has 7 heteroatoms. The summed E-state index contributed by atoms with van der Waals surface area (Å²) in [5.74, 6) is 0.493. The summed E-state index contributed by atoms with van der Waals surface area (Å²) in [5, 5.41) is 0. The van der Waals surface area contributed by atoms with Crippen LogP contribution >= 0.6 is 0 Å². The average molecular weight is 363 g/mol. The summed E-state index contributed by atoms with van der Waals surface area (Å²) in [6, 6.07) is 10.6. The molecule has 0 amide bonds. The molecule has 0 aliphatic heterocycles. The number of benzene rings is 1. The van der Waals surface area contributed by atoms with E-state index in [1.165, 1.54) is 4.31 Å². The van der Waals surface area contributed by atoms with Gasteiger partial charge >= 0.3 is 0 Å². The third-order valence-corrected chi connectivity index (χ3v) is 5.87. The Kier molecular flexibility index (Phi) is 6.52. The van der Waals surface area contributed by atoms with Gasteiger partial charge in [0.05, 0.1) is 12.0 Å². The van der Waals surface area contributed by atoms with Gasteiger partial charge in [-0.25, -0.2) is 13.4 Å². The molecule has 0 saturated heterocycles. The molecule has 2 rings (SSSR count). The highest BCUT2D eigenvalue weighted by Gasteiger charge is 2.23. The second kappa shape index (κ2) is 8.42. The lowest BCUT2D eigenvalue weighted by molar-refractivity contribution is 0.340. The Morgan fingerprint density at radius 3 is 2.44 bits per heavy atom. The minimum absolute atomic E-state index is 0.293. The monoisotopic (exact) mass is 363 g/mol. The molecule has 0 fully saturated rings. The van der Waals surface area contributed by atoms with Crippen LogP contribution in [0, 0.1) is 0 Å². The summed E-state index contributed by atoms with van der Waals surface area (Å²) in [5.41, 5.74) is 1.67. The molecule has 136 valence electrons. The highest BCUT2D eigenvalue weighted by molar-refractivity contribution is 7.89. The van der Waals surface area contributed by atoms with Crippen LogP contribution in [0.15, 0.2) is 47.5 Å². The Labute approximate surface area is 150 Å². The van der Waals surface area contributed by atoms with Crippen LogP contribution in [0.1, 0.15) is 6.92 Å². The third-order valence-electron chi connectivity index (χ3n) is 3.90. The van der Waals surface area contributed by atoms with Gasteiger partial charge in [-0.15, -0.1) is 0 Å². The molecule has 25 heavy (non-hydrogen) atoms. The van der Waals surface area contributed by atoms with Crippen LogP contribution in [0.4, 0.5) is 0 Å². The Bertz CT molecular complexity index is 807. The van der Waals surface area contributed by atoms with E-state index in [-0.39, 0.29) is 0 Å². The summed E-state index contributed by atoms with van der Waals surface area (Å²) in [7, 11) is 1.88. The van der Waals surface area contributed by atoms with Crippen molar-refractivity contribution < 1.29 is 13.2 Å². The van der Waals surface area contributed by atoms with E-state index in [1.54, 1.807) is 37.6 Å². The van der Waals surface area contributed by atoms with E-state index in [1.807, 2.05) is 38.1 Å². The van der Waals surface area contributed by atoms with Crippen LogP contribution in [0.3, 0.4) is 0 Å². The predicted octanol–water partition coefficient (Wildman–Crippen LogP) is 2.33. The van der Waals surface area contributed by atoms with Crippen LogP contribution < -0.4 is 4.74 Å². The summed E-state index contributed by atoms with van der Waals surface area (Å²) in [4.78, 5) is 6.35. The van der Waals surface area contributed by atoms with Crippen molar-refractivity contribution in [2.75, 3.05) is 40.8 Å². The number of nitrogens with zero attached hydrogens (tertiary/aromatic N) is 3. The van der Waals surface area contributed by atoms with Crippen molar-refractivity contribution in [3.05, 3.63) is 42.6 Å². The molecule has 0 aliphatic rings. The molecule has 6 nitrogen and oxygen atoms in total. The summed E-state index contributed by atoms with van der Waals surface area (Å²) in [6.07, 6.45) is 1.64. The lowest BCUT2D eigenvalue weighted by Gasteiger charge is -2.22. The van der Waals surface area contributed by atoms with Crippen molar-refractivity contribution in [1.29, 1.82) is 0 Å². The highest BCUT2D eigenvalue weighted by Crippen LogP contribution is 2.26. The van der Waals surface area contributed by atoms with Crippen LogP contribution in [0.5, 0.6) is 5.88 Å². The largest absolute Gasteiger partial charge is 0.481 e. The number of ether oxygens (including phenoxy) is 1. The number of hydrogen-bond acceptors (Lipinski definition) is 5. The van der Waals surface area contributed by atoms with Crippen molar-refractivity contribution in [2.45, 2.75) is 11.8 Å². The first kappa shape index (κ1) is 19.4. The molecule has 0 saturated carbocycles. The number of sulfonamides is 1. The van der Waals surface area contributed by atoms with E-state index in [2.05, 4.69) is 4.98 Å². The maximum Gasteiger partial charge on any atom is 0.243 e. The average Bonchev–Trinajstić information content (AvgIpc) is 2.62. The molecule has 0 radical (unpaired) electrons. The number of pyridine rings is 1. The topological polar surface area (TPSA) is 62.7 Å². The molecule has 1 aromatic heterocycles. The van der Waals surface area contributed by atoms with Gasteiger partial charge < -0.3 is 9.64 Å². The van der Waals surface area contributed by atoms with Gasteiger partial charge in [0.1, 0.15) is 0 Å². The normalized spacial score (nSPS) is 11.9. The Morgan fingerprint density at radius 2 is 1.80 bits per heavy atom. The molecule has 0 spiro atoms. The number of likely N-dealkylation sites (N-methyl/N-ethyl adjacent to an activating group) is 2. The minimum Gasteiger partial charge on any atom is -0.481 e. The second-order valence-electron chi connectivity index (χ2n) is 5.91. The maximum absolute atomic E-state index is 13.0. The van der Waals surface area contributed by atoms with E-state index in [4.69, 9.17) is 4.74 Å². The molecule has 1 aromatic carbocycles. The van der Waals surface area contributed by atoms with Gasteiger partial charge in [-0.2, -0.15) is 4.31 Å². The third kappa shape index (κ3) is 4.78. The fraction of sp³-hybridized carbons (Fsp3) is 0.389. The first-order valence-corrected chi connectivity index (χ1v) is 9.58. The molecule has 0 bridgehead atoms.